The van der Waals surface area contributed by atoms with Gasteiger partial charge in [0.2, 0.25) is 47.3 Å². The van der Waals surface area contributed by atoms with Crippen LogP contribution in [0.4, 0.5) is 0 Å². The van der Waals surface area contributed by atoms with Crippen LogP contribution >= 0.6 is 37.9 Å². The number of amides is 8. The van der Waals surface area contributed by atoms with Crippen LogP contribution in [0.2, 0.25) is 0 Å². The summed E-state index contributed by atoms with van der Waals surface area (Å²) >= 11 is 12.4. The number of aliphatic hydroxyl groups is 3. The van der Waals surface area contributed by atoms with Crippen molar-refractivity contribution in [2.45, 2.75) is 125 Å². The van der Waals surface area contributed by atoms with Gasteiger partial charge in [-0.15, -0.1) is 0 Å². The molecule has 2 heterocycles. The number of carbonyl (C=O) groups excluding carboxylic acids is 8. The molecule has 11 atom stereocenters. The van der Waals surface area contributed by atoms with E-state index in [-0.39, 0.29) is 43.2 Å². The van der Waals surface area contributed by atoms with Crippen LogP contribution in [0.1, 0.15) is 58.8 Å². The molecule has 352 valence electrons. The van der Waals surface area contributed by atoms with Gasteiger partial charge in [-0.2, -0.15) is 37.9 Å². The first kappa shape index (κ1) is 54.2. The van der Waals surface area contributed by atoms with Gasteiger partial charge in [-0.1, -0.05) is 0 Å². The van der Waals surface area contributed by atoms with E-state index >= 15 is 0 Å². The minimum absolute atomic E-state index is 0.0408. The van der Waals surface area contributed by atoms with Crippen molar-refractivity contribution in [2.24, 2.45) is 5.73 Å². The summed E-state index contributed by atoms with van der Waals surface area (Å²) in [6, 6.07) is -11.8. The van der Waals surface area contributed by atoms with Gasteiger partial charge >= 0.3 is 5.97 Å². The number of rotatable bonds is 26. The number of likely N-dealkylation sites (tertiary alicyclic amines) is 1. The molecule has 8 amide bonds. The van der Waals surface area contributed by atoms with E-state index in [1.165, 1.54) is 18.7 Å². The fraction of sp³-hybridized carbons (Fsp3) is 0.750. The third-order valence-electron chi connectivity index (χ3n) is 10.1. The number of nitrogens with one attached hydrogen (secondary N) is 8. The lowest BCUT2D eigenvalue weighted by Crippen LogP contribution is -2.62. The molecular formula is C36H62N10O13S3. The van der Waals surface area contributed by atoms with Gasteiger partial charge in [0.1, 0.15) is 42.3 Å². The predicted octanol–water partition coefficient (Wildman–Crippen LogP) is -6.12. The number of unbranched alkanes of at least 4 members (excludes halogenated alkanes) is 1. The Bertz CT molecular complexity index is 1580. The second-order valence-corrected chi connectivity index (χ2v) is 16.0. The van der Waals surface area contributed by atoms with Gasteiger partial charge in [0.25, 0.3) is 0 Å². The normalized spacial score (nSPS) is 20.4. The van der Waals surface area contributed by atoms with Crippen molar-refractivity contribution in [1.82, 2.24) is 47.4 Å². The smallest absolute Gasteiger partial charge is 0.328 e. The minimum Gasteiger partial charge on any atom is -0.480 e. The van der Waals surface area contributed by atoms with Crippen LogP contribution in [0.3, 0.4) is 0 Å². The van der Waals surface area contributed by atoms with E-state index in [1.807, 2.05) is 0 Å². The number of thiol groups is 3. The molecule has 0 aromatic rings. The molecule has 0 aliphatic carbocycles. The fourth-order valence-corrected chi connectivity index (χ4v) is 7.36. The van der Waals surface area contributed by atoms with Gasteiger partial charge in [0.05, 0.1) is 24.9 Å². The van der Waals surface area contributed by atoms with Crippen molar-refractivity contribution in [1.29, 1.82) is 0 Å². The molecule has 2 aliphatic rings. The van der Waals surface area contributed by atoms with Gasteiger partial charge in [-0.3, -0.25) is 38.4 Å². The molecule has 23 nitrogen and oxygen atoms in total. The minimum atomic E-state index is -1.69. The zero-order valence-electron chi connectivity index (χ0n) is 34.6. The van der Waals surface area contributed by atoms with E-state index in [9.17, 15) is 63.6 Å². The summed E-state index contributed by atoms with van der Waals surface area (Å²) in [5.41, 5.74) is 5.64. The monoisotopic (exact) mass is 938 g/mol. The van der Waals surface area contributed by atoms with E-state index in [2.05, 4.69) is 80.4 Å². The van der Waals surface area contributed by atoms with E-state index < -0.39 is 126 Å². The van der Waals surface area contributed by atoms with Gasteiger partial charge < -0.3 is 73.6 Å². The Labute approximate surface area is 375 Å². The number of nitrogens with two attached hydrogens (primary N) is 1. The first-order chi connectivity index (χ1) is 29.3. The third kappa shape index (κ3) is 16.3. The maximum Gasteiger partial charge on any atom is 0.328 e. The molecule has 0 spiro atoms. The molecule has 0 aromatic carbocycles. The van der Waals surface area contributed by atoms with Crippen LogP contribution in [0, 0.1) is 0 Å². The molecule has 0 bridgehead atoms. The quantitative estimate of drug-likeness (QED) is 0.0284. The number of hydrogen-bond donors (Lipinski definition) is 16. The number of carbonyl (C=O) groups is 9. The Hall–Kier alpha value is -3.92. The van der Waals surface area contributed by atoms with Gasteiger partial charge in [0.15, 0.2) is 6.04 Å². The Morgan fingerprint density at radius 3 is 1.63 bits per heavy atom. The van der Waals surface area contributed by atoms with Crippen LogP contribution in [0.5, 0.6) is 0 Å². The number of aliphatic carboxylic acids is 1. The lowest BCUT2D eigenvalue weighted by Gasteiger charge is -2.31. The summed E-state index contributed by atoms with van der Waals surface area (Å²) in [6.45, 7) is 2.58. The standard InChI is InChI=1S/C36H62N10O13S3/c1-17(48)26(34(56)39-20(7-3-4-10-37)35(57)46-12-6-9-25(46)33(55)45-27(18(2)49)36(58)59)44-32(54)24(16-62)43-31(53)23(15-61)42-30(52)22(14-60)41-29(51)21(13-47)40-28(50)19-8-5-11-38-19/h17-27,38,47-49,60-62H,3-16,37H2,1-2H3,(H,39,56)(H,40,50)(H,41,51)(H,42,52)(H,43,53)(H,44,54)(H,45,55)(H,58,59)/t17-,18-,19+,20+,21+,22+,23+,24+,25+,26+,27+/m1/s1. The summed E-state index contributed by atoms with van der Waals surface area (Å²) in [5, 5.41) is 59.3. The van der Waals surface area contributed by atoms with Gasteiger partial charge in [-0.05, 0) is 71.9 Å². The Kier molecular flexibility index (Phi) is 23.9. The van der Waals surface area contributed by atoms with Gasteiger partial charge in [0, 0.05) is 23.8 Å². The molecule has 0 saturated carbocycles. The molecule has 0 radical (unpaired) electrons. The molecule has 14 N–H and O–H groups in total. The highest BCUT2D eigenvalue weighted by atomic mass is 32.1. The summed E-state index contributed by atoms with van der Waals surface area (Å²) in [6.07, 6.45) is -0.296. The first-order valence-electron chi connectivity index (χ1n) is 20.2. The molecular weight excluding hydrogens is 877 g/mol. The SMILES string of the molecule is C[C@@H](O)[C@H](NC(=O)[C@@H]1CCCN1C(=O)[C@H](CCCCN)NC(=O)[C@@H](NC(=O)[C@H](CS)NC(=O)[C@H](CS)NC(=O)[C@H](CS)NC(=O)[C@H](CO)NC(=O)[C@@H]1CCCN1)[C@@H](C)O)C(=O)O. The zero-order chi connectivity index (χ0) is 46.7. The summed E-state index contributed by atoms with van der Waals surface area (Å²) < 4.78 is 0. The number of aliphatic hydroxyl groups excluding tert-OH is 3. The van der Waals surface area contributed by atoms with Crippen molar-refractivity contribution in [3.63, 3.8) is 0 Å². The summed E-state index contributed by atoms with van der Waals surface area (Å²) in [7, 11) is 0. The number of carboxylic acid groups (broad SMARTS) is 1. The van der Waals surface area contributed by atoms with Crippen molar-refractivity contribution in [2.75, 3.05) is 43.5 Å². The Morgan fingerprint density at radius 2 is 1.18 bits per heavy atom. The maximum atomic E-state index is 13.9. The molecule has 0 aromatic heterocycles. The largest absolute Gasteiger partial charge is 0.480 e. The van der Waals surface area contributed by atoms with Crippen LogP contribution in [-0.4, -0.2) is 189 Å². The van der Waals surface area contributed by atoms with Crippen molar-refractivity contribution in [3.05, 3.63) is 0 Å². The first-order valence-corrected chi connectivity index (χ1v) is 22.1. The summed E-state index contributed by atoms with van der Waals surface area (Å²) in [4.78, 5) is 119. The maximum absolute atomic E-state index is 13.9. The molecule has 26 heteroatoms. The summed E-state index contributed by atoms with van der Waals surface area (Å²) in [5.74, 6) is -9.07. The lowest BCUT2D eigenvalue weighted by molar-refractivity contribution is -0.147. The van der Waals surface area contributed by atoms with E-state index in [1.54, 1.807) is 0 Å². The molecule has 2 fully saturated rings. The van der Waals surface area contributed by atoms with E-state index in [0.717, 1.165) is 6.42 Å². The molecule has 62 heavy (non-hydrogen) atoms. The highest BCUT2D eigenvalue weighted by Crippen LogP contribution is 2.21. The highest BCUT2D eigenvalue weighted by molar-refractivity contribution is 7.80. The van der Waals surface area contributed by atoms with Crippen LogP contribution in [0.15, 0.2) is 0 Å². The second kappa shape index (κ2) is 27.3. The number of nitrogens with zero attached hydrogens (tertiary/aromatic N) is 1. The van der Waals surface area contributed by atoms with E-state index in [0.29, 0.717) is 32.2 Å². The van der Waals surface area contributed by atoms with Crippen molar-refractivity contribution >= 4 is 91.1 Å². The highest BCUT2D eigenvalue weighted by Gasteiger charge is 2.41. The van der Waals surface area contributed by atoms with Gasteiger partial charge in [-0.25, -0.2) is 4.79 Å². The number of hydrogen-bond acceptors (Lipinski definition) is 17. The number of carboxylic acids is 1. The Morgan fingerprint density at radius 1 is 0.661 bits per heavy atom. The molecule has 2 saturated heterocycles. The van der Waals surface area contributed by atoms with Crippen molar-refractivity contribution < 1.29 is 63.6 Å². The van der Waals surface area contributed by atoms with Crippen LogP contribution in [-0.2, 0) is 43.2 Å². The zero-order valence-corrected chi connectivity index (χ0v) is 37.3. The Balaban J connectivity index is 2.12. The fourth-order valence-electron chi connectivity index (χ4n) is 6.59. The molecule has 2 rings (SSSR count). The van der Waals surface area contributed by atoms with Crippen molar-refractivity contribution in [3.8, 4) is 0 Å². The average molecular weight is 939 g/mol. The predicted molar refractivity (Wildman–Crippen MR) is 232 cm³/mol. The topological polar surface area (TPSA) is 360 Å². The third-order valence-corrected chi connectivity index (χ3v) is 11.2. The van der Waals surface area contributed by atoms with E-state index in [4.69, 9.17) is 5.73 Å². The molecule has 0 unspecified atom stereocenters. The lowest BCUT2D eigenvalue weighted by atomic mass is 10.0. The average Bonchev–Trinajstić information content (AvgIpc) is 3.96. The van der Waals surface area contributed by atoms with Crippen LogP contribution in [0.25, 0.3) is 0 Å². The second-order valence-electron chi connectivity index (χ2n) is 15.0. The molecule has 2 aliphatic heterocycles. The van der Waals surface area contributed by atoms with Crippen LogP contribution < -0.4 is 48.3 Å².